The zero-order valence-corrected chi connectivity index (χ0v) is 8.71. The zero-order valence-electron chi connectivity index (χ0n) is 7.90. The molecule has 1 heterocycles. The summed E-state index contributed by atoms with van der Waals surface area (Å²) in [5, 5.41) is 10.4. The van der Waals surface area contributed by atoms with Crippen LogP contribution in [0, 0.1) is 5.92 Å². The molecule has 0 saturated carbocycles. The van der Waals surface area contributed by atoms with E-state index in [0.717, 1.165) is 0 Å². The van der Waals surface area contributed by atoms with Gasteiger partial charge in [-0.25, -0.2) is 0 Å². The van der Waals surface area contributed by atoms with Gasteiger partial charge in [0.15, 0.2) is 5.78 Å². The summed E-state index contributed by atoms with van der Waals surface area (Å²) in [6, 6.07) is 3.58. The minimum absolute atomic E-state index is 0.0359. The van der Waals surface area contributed by atoms with Gasteiger partial charge in [0.1, 0.15) is 0 Å². The number of carboxylic acids is 1. The van der Waals surface area contributed by atoms with Gasteiger partial charge in [0.2, 0.25) is 0 Å². The van der Waals surface area contributed by atoms with Crippen LogP contribution in [0.25, 0.3) is 0 Å². The van der Waals surface area contributed by atoms with Gasteiger partial charge in [-0.3, -0.25) is 9.59 Å². The van der Waals surface area contributed by atoms with Crippen molar-refractivity contribution in [2.24, 2.45) is 5.92 Å². The predicted octanol–water partition coefficient (Wildman–Crippen LogP) is 2.43. The van der Waals surface area contributed by atoms with Gasteiger partial charge in [-0.05, 0) is 17.4 Å². The number of hydrogen-bond acceptors (Lipinski definition) is 3. The van der Waals surface area contributed by atoms with E-state index < -0.39 is 5.97 Å². The van der Waals surface area contributed by atoms with Crippen molar-refractivity contribution in [1.82, 2.24) is 0 Å². The second kappa shape index (κ2) is 4.91. The third-order valence-corrected chi connectivity index (χ3v) is 2.76. The predicted molar refractivity (Wildman–Crippen MR) is 54.7 cm³/mol. The summed E-state index contributed by atoms with van der Waals surface area (Å²) < 4.78 is 0. The fourth-order valence-electron chi connectivity index (χ4n) is 1.22. The minimum Gasteiger partial charge on any atom is -0.481 e. The molecule has 0 aromatic carbocycles. The highest BCUT2D eigenvalue weighted by atomic mass is 32.1. The van der Waals surface area contributed by atoms with Crippen LogP contribution >= 0.6 is 11.3 Å². The first kappa shape index (κ1) is 10.9. The first-order chi connectivity index (χ1) is 6.59. The van der Waals surface area contributed by atoms with E-state index in [4.69, 9.17) is 5.11 Å². The van der Waals surface area contributed by atoms with Crippen molar-refractivity contribution < 1.29 is 14.7 Å². The molecule has 1 atom stereocenters. The zero-order chi connectivity index (χ0) is 10.6. The lowest BCUT2D eigenvalue weighted by atomic mass is 10.0. The van der Waals surface area contributed by atoms with Crippen molar-refractivity contribution in [3.8, 4) is 0 Å². The highest BCUT2D eigenvalue weighted by Crippen LogP contribution is 2.16. The molecule has 0 saturated heterocycles. The molecule has 0 aliphatic heterocycles. The number of thiophene rings is 1. The van der Waals surface area contributed by atoms with Gasteiger partial charge in [0.25, 0.3) is 0 Å². The summed E-state index contributed by atoms with van der Waals surface area (Å²) in [7, 11) is 0. The fraction of sp³-hybridized carbons (Fsp3) is 0.400. The number of aliphatic carboxylic acids is 1. The van der Waals surface area contributed by atoms with E-state index >= 15 is 0 Å². The maximum Gasteiger partial charge on any atom is 0.303 e. The molecule has 0 aliphatic rings. The quantitative estimate of drug-likeness (QED) is 0.762. The Morgan fingerprint density at radius 2 is 2.21 bits per heavy atom. The molecular formula is C10H12O3S. The molecule has 76 valence electrons. The topological polar surface area (TPSA) is 54.4 Å². The van der Waals surface area contributed by atoms with Gasteiger partial charge in [-0.15, -0.1) is 11.3 Å². The van der Waals surface area contributed by atoms with Crippen molar-refractivity contribution in [1.29, 1.82) is 0 Å². The number of carbonyl (C=O) groups is 2. The molecular weight excluding hydrogens is 200 g/mol. The molecule has 0 aliphatic carbocycles. The van der Waals surface area contributed by atoms with Crippen molar-refractivity contribution >= 4 is 23.1 Å². The molecule has 0 fully saturated rings. The number of carboxylic acid groups (broad SMARTS) is 1. The first-order valence-electron chi connectivity index (χ1n) is 4.38. The minimum atomic E-state index is -0.850. The highest BCUT2D eigenvalue weighted by Gasteiger charge is 2.14. The SMILES string of the molecule is C[C@H](CC(=O)O)CC(=O)c1cccs1. The Labute approximate surface area is 86.4 Å². The third-order valence-electron chi connectivity index (χ3n) is 1.85. The van der Waals surface area contributed by atoms with E-state index in [1.807, 2.05) is 11.4 Å². The highest BCUT2D eigenvalue weighted by molar-refractivity contribution is 7.12. The van der Waals surface area contributed by atoms with E-state index in [9.17, 15) is 9.59 Å². The number of Topliss-reactive ketones (excluding diaryl/α,β-unsaturated/α-hetero) is 1. The fourth-order valence-corrected chi connectivity index (χ4v) is 1.90. The molecule has 4 heteroatoms. The van der Waals surface area contributed by atoms with Gasteiger partial charge in [-0.1, -0.05) is 13.0 Å². The second-order valence-electron chi connectivity index (χ2n) is 3.31. The lowest BCUT2D eigenvalue weighted by Crippen LogP contribution is -2.09. The standard InChI is InChI=1S/C10H12O3S/c1-7(6-10(12)13)5-8(11)9-3-2-4-14-9/h2-4,7H,5-6H2,1H3,(H,12,13)/t7-/m0/s1. The van der Waals surface area contributed by atoms with Crippen LogP contribution in [0.15, 0.2) is 17.5 Å². The van der Waals surface area contributed by atoms with Crippen LogP contribution in [-0.2, 0) is 4.79 Å². The van der Waals surface area contributed by atoms with E-state index in [-0.39, 0.29) is 18.1 Å². The Morgan fingerprint density at radius 1 is 1.50 bits per heavy atom. The molecule has 0 bridgehead atoms. The molecule has 3 nitrogen and oxygen atoms in total. The average Bonchev–Trinajstić information content (AvgIpc) is 2.53. The summed E-state index contributed by atoms with van der Waals surface area (Å²) in [5.41, 5.74) is 0. The van der Waals surface area contributed by atoms with E-state index in [1.54, 1.807) is 13.0 Å². The van der Waals surface area contributed by atoms with E-state index in [0.29, 0.717) is 11.3 Å². The van der Waals surface area contributed by atoms with Crippen molar-refractivity contribution in [2.75, 3.05) is 0 Å². The molecule has 0 amide bonds. The maximum atomic E-state index is 11.5. The van der Waals surface area contributed by atoms with Crippen LogP contribution in [0.1, 0.15) is 29.4 Å². The lowest BCUT2D eigenvalue weighted by molar-refractivity contribution is -0.137. The number of ketones is 1. The third kappa shape index (κ3) is 3.30. The van der Waals surface area contributed by atoms with E-state index in [1.165, 1.54) is 11.3 Å². The van der Waals surface area contributed by atoms with Crippen LogP contribution in [0.2, 0.25) is 0 Å². The molecule has 1 N–H and O–H groups in total. The summed E-state index contributed by atoms with van der Waals surface area (Å²) in [6.45, 7) is 1.78. The second-order valence-corrected chi connectivity index (χ2v) is 4.26. The smallest absolute Gasteiger partial charge is 0.303 e. The van der Waals surface area contributed by atoms with Gasteiger partial charge < -0.3 is 5.11 Å². The van der Waals surface area contributed by atoms with Gasteiger partial charge in [0, 0.05) is 12.8 Å². The van der Waals surface area contributed by atoms with Gasteiger partial charge >= 0.3 is 5.97 Å². The molecule has 1 rings (SSSR count). The first-order valence-corrected chi connectivity index (χ1v) is 5.26. The lowest BCUT2D eigenvalue weighted by Gasteiger charge is -2.05. The van der Waals surface area contributed by atoms with Crippen LogP contribution < -0.4 is 0 Å². The average molecular weight is 212 g/mol. The molecule has 0 unspecified atom stereocenters. The molecule has 1 aromatic heterocycles. The Hall–Kier alpha value is -1.16. The summed E-state index contributed by atoms with van der Waals surface area (Å²) in [6.07, 6.45) is 0.365. The summed E-state index contributed by atoms with van der Waals surface area (Å²) in [4.78, 5) is 22.6. The number of rotatable bonds is 5. The Balaban J connectivity index is 2.45. The molecule has 1 aromatic rings. The van der Waals surface area contributed by atoms with Crippen LogP contribution in [0.3, 0.4) is 0 Å². The molecule has 0 radical (unpaired) electrons. The van der Waals surface area contributed by atoms with E-state index in [2.05, 4.69) is 0 Å². The Bertz CT molecular complexity index is 316. The largest absolute Gasteiger partial charge is 0.481 e. The summed E-state index contributed by atoms with van der Waals surface area (Å²) >= 11 is 1.39. The number of carbonyl (C=O) groups excluding carboxylic acids is 1. The normalized spacial score (nSPS) is 12.4. The number of hydrogen-bond donors (Lipinski definition) is 1. The molecule has 0 spiro atoms. The van der Waals surface area contributed by atoms with Crippen molar-refractivity contribution in [2.45, 2.75) is 19.8 Å². The Morgan fingerprint density at radius 3 is 2.71 bits per heavy atom. The van der Waals surface area contributed by atoms with Crippen LogP contribution in [-0.4, -0.2) is 16.9 Å². The van der Waals surface area contributed by atoms with Crippen LogP contribution in [0.5, 0.6) is 0 Å². The van der Waals surface area contributed by atoms with Crippen molar-refractivity contribution in [3.05, 3.63) is 22.4 Å². The Kier molecular flexibility index (Phi) is 3.83. The van der Waals surface area contributed by atoms with Gasteiger partial charge in [-0.2, -0.15) is 0 Å². The summed E-state index contributed by atoms with van der Waals surface area (Å²) in [5.74, 6) is -0.910. The maximum absolute atomic E-state index is 11.5. The van der Waals surface area contributed by atoms with Gasteiger partial charge in [0.05, 0.1) is 4.88 Å². The van der Waals surface area contributed by atoms with Crippen molar-refractivity contribution in [3.63, 3.8) is 0 Å². The monoisotopic (exact) mass is 212 g/mol. The van der Waals surface area contributed by atoms with Crippen LogP contribution in [0.4, 0.5) is 0 Å². The molecule has 14 heavy (non-hydrogen) atoms.